The maximum atomic E-state index is 11.9. The molecule has 0 heterocycles. The number of carbonyl (C=O) groups is 1. The molecular formula is C18H29NO2. The molecule has 0 aliphatic heterocycles. The van der Waals surface area contributed by atoms with Gasteiger partial charge in [-0.25, -0.2) is 0 Å². The summed E-state index contributed by atoms with van der Waals surface area (Å²) in [4.78, 5) is 11.9. The first-order chi connectivity index (χ1) is 9.81. The van der Waals surface area contributed by atoms with Crippen LogP contribution in [0.2, 0.25) is 0 Å². The first kappa shape index (κ1) is 17.7. The van der Waals surface area contributed by atoms with Crippen LogP contribution in [0.5, 0.6) is 0 Å². The lowest BCUT2D eigenvalue weighted by molar-refractivity contribution is -0.157. The SMILES string of the molecule is CCCCc1ccc(CNC(C)C(=O)OC(C)(C)C)cc1. The smallest absolute Gasteiger partial charge is 0.323 e. The number of unbranched alkanes of at least 4 members (excludes halogenated alkanes) is 1. The van der Waals surface area contributed by atoms with Crippen LogP contribution in [0.15, 0.2) is 24.3 Å². The molecule has 0 fully saturated rings. The second-order valence-electron chi connectivity index (χ2n) is 6.56. The molecule has 0 aliphatic rings. The average Bonchev–Trinajstić information content (AvgIpc) is 2.41. The fourth-order valence-electron chi connectivity index (χ4n) is 1.95. The van der Waals surface area contributed by atoms with Crippen molar-refractivity contribution in [2.24, 2.45) is 0 Å². The monoisotopic (exact) mass is 291 g/mol. The minimum absolute atomic E-state index is 0.206. The van der Waals surface area contributed by atoms with Crippen molar-refractivity contribution in [2.45, 2.75) is 72.1 Å². The highest BCUT2D eigenvalue weighted by atomic mass is 16.6. The van der Waals surface area contributed by atoms with E-state index < -0.39 is 5.60 Å². The number of hydrogen-bond acceptors (Lipinski definition) is 3. The maximum Gasteiger partial charge on any atom is 0.323 e. The lowest BCUT2D eigenvalue weighted by atomic mass is 10.1. The predicted molar refractivity (Wildman–Crippen MR) is 87.2 cm³/mol. The predicted octanol–water partition coefficient (Wildman–Crippen LogP) is 3.85. The van der Waals surface area contributed by atoms with Crippen molar-refractivity contribution < 1.29 is 9.53 Å². The lowest BCUT2D eigenvalue weighted by Gasteiger charge is -2.22. The van der Waals surface area contributed by atoms with Crippen LogP contribution in [0, 0.1) is 0 Å². The minimum atomic E-state index is -0.437. The van der Waals surface area contributed by atoms with E-state index in [0.29, 0.717) is 6.54 Å². The highest BCUT2D eigenvalue weighted by Crippen LogP contribution is 2.10. The second kappa shape index (κ2) is 8.18. The number of benzene rings is 1. The number of aryl methyl sites for hydroxylation is 1. The summed E-state index contributed by atoms with van der Waals surface area (Å²) in [6, 6.07) is 8.29. The number of carbonyl (C=O) groups excluding carboxylic acids is 1. The Morgan fingerprint density at radius 3 is 2.29 bits per heavy atom. The number of rotatable bonds is 7. The molecule has 21 heavy (non-hydrogen) atoms. The van der Waals surface area contributed by atoms with E-state index in [2.05, 4.69) is 36.5 Å². The highest BCUT2D eigenvalue weighted by molar-refractivity contribution is 5.75. The summed E-state index contributed by atoms with van der Waals surface area (Å²) in [5.74, 6) is -0.206. The first-order valence-corrected chi connectivity index (χ1v) is 7.86. The van der Waals surface area contributed by atoms with E-state index in [1.807, 2.05) is 27.7 Å². The summed E-state index contributed by atoms with van der Waals surface area (Å²) in [5.41, 5.74) is 2.12. The average molecular weight is 291 g/mol. The molecule has 1 aromatic rings. The molecule has 0 amide bonds. The van der Waals surface area contributed by atoms with Gasteiger partial charge < -0.3 is 10.1 Å². The van der Waals surface area contributed by atoms with Gasteiger partial charge in [0.25, 0.3) is 0 Å². The number of nitrogens with one attached hydrogen (secondary N) is 1. The van der Waals surface area contributed by atoms with Gasteiger partial charge in [-0.3, -0.25) is 4.79 Å². The van der Waals surface area contributed by atoms with Crippen LogP contribution in [0.4, 0.5) is 0 Å². The molecular weight excluding hydrogens is 262 g/mol. The Bertz CT molecular complexity index is 432. The molecule has 1 atom stereocenters. The topological polar surface area (TPSA) is 38.3 Å². The zero-order valence-corrected chi connectivity index (χ0v) is 14.0. The summed E-state index contributed by atoms with van der Waals surface area (Å²) < 4.78 is 5.35. The molecule has 1 rings (SSSR count). The zero-order valence-electron chi connectivity index (χ0n) is 14.0. The molecule has 3 nitrogen and oxygen atoms in total. The first-order valence-electron chi connectivity index (χ1n) is 7.86. The van der Waals surface area contributed by atoms with E-state index in [9.17, 15) is 4.79 Å². The van der Waals surface area contributed by atoms with Crippen molar-refractivity contribution in [3.63, 3.8) is 0 Å². The summed E-state index contributed by atoms with van der Waals surface area (Å²) in [6.07, 6.45) is 3.59. The van der Waals surface area contributed by atoms with Gasteiger partial charge in [0.1, 0.15) is 11.6 Å². The van der Waals surface area contributed by atoms with Crippen LogP contribution in [0.3, 0.4) is 0 Å². The van der Waals surface area contributed by atoms with Gasteiger partial charge in [0.05, 0.1) is 0 Å². The van der Waals surface area contributed by atoms with Crippen molar-refractivity contribution in [3.05, 3.63) is 35.4 Å². The maximum absolute atomic E-state index is 11.9. The standard InChI is InChI=1S/C18H29NO2/c1-6-7-8-15-9-11-16(12-10-15)13-19-14(2)17(20)21-18(3,4)5/h9-12,14,19H,6-8,13H2,1-5H3. The van der Waals surface area contributed by atoms with Crippen molar-refractivity contribution in [1.82, 2.24) is 5.32 Å². The third kappa shape index (κ3) is 7.28. The molecule has 118 valence electrons. The Morgan fingerprint density at radius 2 is 1.76 bits per heavy atom. The lowest BCUT2D eigenvalue weighted by Crippen LogP contribution is -2.38. The van der Waals surface area contributed by atoms with E-state index in [-0.39, 0.29) is 12.0 Å². The van der Waals surface area contributed by atoms with Gasteiger partial charge in [0, 0.05) is 6.54 Å². The summed E-state index contributed by atoms with van der Waals surface area (Å²) in [5, 5.41) is 3.21. The number of esters is 1. The molecule has 0 saturated carbocycles. The Labute approximate surface area is 129 Å². The molecule has 0 radical (unpaired) electrons. The van der Waals surface area contributed by atoms with E-state index in [1.54, 1.807) is 0 Å². The summed E-state index contributed by atoms with van der Waals surface area (Å²) in [6.45, 7) is 10.4. The van der Waals surface area contributed by atoms with Crippen LogP contribution in [0.1, 0.15) is 58.6 Å². The van der Waals surface area contributed by atoms with E-state index in [0.717, 1.165) is 6.42 Å². The third-order valence-corrected chi connectivity index (χ3v) is 3.21. The molecule has 1 aromatic carbocycles. The van der Waals surface area contributed by atoms with Gasteiger partial charge in [-0.1, -0.05) is 37.6 Å². The molecule has 0 saturated heterocycles. The Hall–Kier alpha value is -1.35. The molecule has 0 spiro atoms. The van der Waals surface area contributed by atoms with Crippen molar-refractivity contribution in [3.8, 4) is 0 Å². The Kier molecular flexibility index (Phi) is 6.90. The van der Waals surface area contributed by atoms with E-state index in [4.69, 9.17) is 4.74 Å². The van der Waals surface area contributed by atoms with Crippen LogP contribution < -0.4 is 5.32 Å². The molecule has 0 aliphatic carbocycles. The van der Waals surface area contributed by atoms with Gasteiger partial charge in [0.2, 0.25) is 0 Å². The Balaban J connectivity index is 2.42. The molecule has 1 N–H and O–H groups in total. The largest absolute Gasteiger partial charge is 0.459 e. The van der Waals surface area contributed by atoms with Crippen molar-refractivity contribution in [2.75, 3.05) is 0 Å². The molecule has 1 unspecified atom stereocenters. The number of ether oxygens (including phenoxy) is 1. The quantitative estimate of drug-likeness (QED) is 0.775. The Morgan fingerprint density at radius 1 is 1.19 bits per heavy atom. The zero-order chi connectivity index (χ0) is 15.9. The summed E-state index contributed by atoms with van der Waals surface area (Å²) in [7, 11) is 0. The molecule has 3 heteroatoms. The van der Waals surface area contributed by atoms with E-state index in [1.165, 1.54) is 24.0 Å². The van der Waals surface area contributed by atoms with Crippen molar-refractivity contribution >= 4 is 5.97 Å². The van der Waals surface area contributed by atoms with Gasteiger partial charge >= 0.3 is 5.97 Å². The fourth-order valence-corrected chi connectivity index (χ4v) is 1.95. The fraction of sp³-hybridized carbons (Fsp3) is 0.611. The van der Waals surface area contributed by atoms with Crippen LogP contribution >= 0.6 is 0 Å². The van der Waals surface area contributed by atoms with Crippen LogP contribution in [-0.4, -0.2) is 17.6 Å². The van der Waals surface area contributed by atoms with Gasteiger partial charge in [0.15, 0.2) is 0 Å². The second-order valence-corrected chi connectivity index (χ2v) is 6.56. The summed E-state index contributed by atoms with van der Waals surface area (Å²) >= 11 is 0. The van der Waals surface area contributed by atoms with Crippen LogP contribution in [0.25, 0.3) is 0 Å². The van der Waals surface area contributed by atoms with Gasteiger partial charge in [-0.15, -0.1) is 0 Å². The van der Waals surface area contributed by atoms with Crippen molar-refractivity contribution in [1.29, 1.82) is 0 Å². The van der Waals surface area contributed by atoms with Gasteiger partial charge in [-0.05, 0) is 51.7 Å². The number of hydrogen-bond donors (Lipinski definition) is 1. The minimum Gasteiger partial charge on any atom is -0.459 e. The molecule has 0 bridgehead atoms. The normalized spacial score (nSPS) is 13.0. The van der Waals surface area contributed by atoms with E-state index >= 15 is 0 Å². The molecule has 0 aromatic heterocycles. The van der Waals surface area contributed by atoms with Crippen LogP contribution in [-0.2, 0) is 22.5 Å². The highest BCUT2D eigenvalue weighted by Gasteiger charge is 2.21. The van der Waals surface area contributed by atoms with Gasteiger partial charge in [-0.2, -0.15) is 0 Å². The third-order valence-electron chi connectivity index (χ3n) is 3.21.